The lowest BCUT2D eigenvalue weighted by Gasteiger charge is -2.29. The molecular formula is C18H26N4O3. The highest BCUT2D eigenvalue weighted by atomic mass is 16.5. The van der Waals surface area contributed by atoms with Gasteiger partial charge in [0.2, 0.25) is 5.91 Å². The molecular weight excluding hydrogens is 320 g/mol. The second kappa shape index (κ2) is 8.42. The van der Waals surface area contributed by atoms with Crippen molar-refractivity contribution in [3.63, 3.8) is 0 Å². The summed E-state index contributed by atoms with van der Waals surface area (Å²) in [6.07, 6.45) is 4.08. The van der Waals surface area contributed by atoms with Gasteiger partial charge in [-0.1, -0.05) is 18.2 Å². The van der Waals surface area contributed by atoms with Crippen LogP contribution in [0.3, 0.4) is 0 Å². The Morgan fingerprint density at radius 1 is 1.08 bits per heavy atom. The van der Waals surface area contributed by atoms with Gasteiger partial charge in [-0.15, -0.1) is 0 Å². The van der Waals surface area contributed by atoms with Crippen LogP contribution in [0.2, 0.25) is 0 Å². The van der Waals surface area contributed by atoms with E-state index >= 15 is 0 Å². The van der Waals surface area contributed by atoms with E-state index in [9.17, 15) is 9.59 Å². The molecule has 2 aliphatic rings. The molecule has 136 valence electrons. The molecule has 1 aliphatic heterocycles. The maximum atomic E-state index is 12.6. The molecule has 1 aliphatic carbocycles. The lowest BCUT2D eigenvalue weighted by molar-refractivity contribution is -0.124. The molecule has 2 atom stereocenters. The summed E-state index contributed by atoms with van der Waals surface area (Å²) >= 11 is 0. The van der Waals surface area contributed by atoms with E-state index in [1.54, 1.807) is 19.2 Å². The third-order valence-electron chi connectivity index (χ3n) is 4.97. The van der Waals surface area contributed by atoms with Crippen LogP contribution in [0.25, 0.3) is 0 Å². The van der Waals surface area contributed by atoms with Crippen LogP contribution < -0.4 is 21.5 Å². The van der Waals surface area contributed by atoms with E-state index < -0.39 is 6.04 Å². The zero-order valence-corrected chi connectivity index (χ0v) is 14.5. The van der Waals surface area contributed by atoms with Gasteiger partial charge in [0.25, 0.3) is 5.91 Å². The predicted molar refractivity (Wildman–Crippen MR) is 93.8 cm³/mol. The van der Waals surface area contributed by atoms with Crippen LogP contribution in [0.1, 0.15) is 36.0 Å². The third kappa shape index (κ3) is 4.56. The fraction of sp³-hybridized carbons (Fsp3) is 0.556. The number of ether oxygens (including phenoxy) is 1. The van der Waals surface area contributed by atoms with Gasteiger partial charge in [0.1, 0.15) is 6.04 Å². The smallest absolute Gasteiger partial charge is 0.251 e. The van der Waals surface area contributed by atoms with Crippen LogP contribution in [-0.2, 0) is 9.53 Å². The van der Waals surface area contributed by atoms with Crippen molar-refractivity contribution < 1.29 is 14.3 Å². The van der Waals surface area contributed by atoms with E-state index in [1.807, 2.05) is 18.2 Å². The molecule has 2 unspecified atom stereocenters. The average molecular weight is 346 g/mol. The Balaban J connectivity index is 1.52. The van der Waals surface area contributed by atoms with Crippen LogP contribution in [-0.4, -0.2) is 49.7 Å². The van der Waals surface area contributed by atoms with Gasteiger partial charge in [-0.25, -0.2) is 5.43 Å². The molecule has 1 aromatic rings. The number of rotatable bonds is 5. The minimum atomic E-state index is -0.479. The maximum Gasteiger partial charge on any atom is 0.251 e. The predicted octanol–water partition coefficient (Wildman–Crippen LogP) is 0.335. The summed E-state index contributed by atoms with van der Waals surface area (Å²) in [5, 5.41) is 6.03. The Labute approximate surface area is 147 Å². The highest BCUT2D eigenvalue weighted by molar-refractivity contribution is 5.95. The number of carbonyl (C=O) groups is 2. The lowest BCUT2D eigenvalue weighted by Crippen LogP contribution is -2.55. The van der Waals surface area contributed by atoms with Crippen LogP contribution in [0.15, 0.2) is 30.3 Å². The summed E-state index contributed by atoms with van der Waals surface area (Å²) in [7, 11) is 1.73. The number of carbonyl (C=O) groups excluding carboxylic acids is 2. The molecule has 0 spiro atoms. The van der Waals surface area contributed by atoms with Crippen molar-refractivity contribution in [1.82, 2.24) is 21.5 Å². The van der Waals surface area contributed by atoms with Gasteiger partial charge in [-0.2, -0.15) is 0 Å². The first-order valence-corrected chi connectivity index (χ1v) is 8.85. The van der Waals surface area contributed by atoms with Crippen LogP contribution in [0.4, 0.5) is 0 Å². The summed E-state index contributed by atoms with van der Waals surface area (Å²) in [5.74, 6) is -0.251. The summed E-state index contributed by atoms with van der Waals surface area (Å²) < 4.78 is 5.36. The zero-order chi connectivity index (χ0) is 17.6. The Morgan fingerprint density at radius 2 is 1.80 bits per heavy atom. The number of methoxy groups -OCH3 is 1. The Morgan fingerprint density at radius 3 is 2.48 bits per heavy atom. The number of amides is 2. The summed E-state index contributed by atoms with van der Waals surface area (Å²) in [6.45, 7) is 0.507. The van der Waals surface area contributed by atoms with Gasteiger partial charge in [-0.05, 0) is 37.8 Å². The van der Waals surface area contributed by atoms with E-state index in [0.717, 1.165) is 25.7 Å². The molecule has 1 aromatic carbocycles. The average Bonchev–Trinajstić information content (AvgIpc) is 3.11. The van der Waals surface area contributed by atoms with Crippen molar-refractivity contribution in [1.29, 1.82) is 0 Å². The van der Waals surface area contributed by atoms with Crippen molar-refractivity contribution in [2.45, 2.75) is 49.9 Å². The van der Waals surface area contributed by atoms with E-state index in [0.29, 0.717) is 18.2 Å². The molecule has 0 radical (unpaired) electrons. The first-order chi connectivity index (χ1) is 12.2. The van der Waals surface area contributed by atoms with Crippen molar-refractivity contribution in [2.75, 3.05) is 13.7 Å². The van der Waals surface area contributed by atoms with Gasteiger partial charge in [0.15, 0.2) is 0 Å². The number of hydrogen-bond donors (Lipinski definition) is 4. The molecule has 4 N–H and O–H groups in total. The number of hydrazine groups is 1. The van der Waals surface area contributed by atoms with Crippen molar-refractivity contribution in [2.24, 2.45) is 0 Å². The molecule has 7 heteroatoms. The minimum Gasteiger partial charge on any atom is -0.381 e. The van der Waals surface area contributed by atoms with Gasteiger partial charge < -0.3 is 15.4 Å². The standard InChI is InChI=1S/C18H26N4O3/c1-25-14-9-7-13(8-10-14)20-18(24)16-15(11-19-22-16)21-17(23)12-5-3-2-4-6-12/h2-6,13-16,19,22H,7-11H2,1H3,(H,20,24)(H,21,23). The molecule has 0 aromatic heterocycles. The number of hydrogen-bond acceptors (Lipinski definition) is 5. The minimum absolute atomic E-state index is 0.0794. The first kappa shape index (κ1) is 17.8. The molecule has 1 saturated heterocycles. The highest BCUT2D eigenvalue weighted by Gasteiger charge is 2.35. The molecule has 3 rings (SSSR count). The quantitative estimate of drug-likeness (QED) is 0.617. The largest absolute Gasteiger partial charge is 0.381 e. The Bertz CT molecular complexity index is 587. The second-order valence-electron chi connectivity index (χ2n) is 6.67. The maximum absolute atomic E-state index is 12.6. The van der Waals surface area contributed by atoms with Crippen molar-refractivity contribution in [3.05, 3.63) is 35.9 Å². The van der Waals surface area contributed by atoms with E-state index in [1.165, 1.54) is 0 Å². The normalized spacial score (nSPS) is 29.2. The Hall–Kier alpha value is -1.96. The van der Waals surface area contributed by atoms with Gasteiger partial charge in [-0.3, -0.25) is 15.0 Å². The molecule has 2 fully saturated rings. The lowest BCUT2D eigenvalue weighted by atomic mass is 9.92. The highest BCUT2D eigenvalue weighted by Crippen LogP contribution is 2.20. The van der Waals surface area contributed by atoms with Crippen molar-refractivity contribution in [3.8, 4) is 0 Å². The molecule has 2 amide bonds. The first-order valence-electron chi connectivity index (χ1n) is 8.85. The van der Waals surface area contributed by atoms with E-state index in [-0.39, 0.29) is 23.9 Å². The summed E-state index contributed by atoms with van der Waals surface area (Å²) in [5.41, 5.74) is 6.53. The number of benzene rings is 1. The van der Waals surface area contributed by atoms with Crippen LogP contribution in [0.5, 0.6) is 0 Å². The molecule has 25 heavy (non-hydrogen) atoms. The zero-order valence-electron chi connectivity index (χ0n) is 14.5. The van der Waals surface area contributed by atoms with E-state index in [4.69, 9.17) is 4.74 Å². The Kier molecular flexibility index (Phi) is 6.01. The topological polar surface area (TPSA) is 91.5 Å². The second-order valence-corrected chi connectivity index (χ2v) is 6.67. The summed E-state index contributed by atoms with van der Waals surface area (Å²) in [6, 6.07) is 8.43. The third-order valence-corrected chi connectivity index (χ3v) is 4.97. The van der Waals surface area contributed by atoms with Gasteiger partial charge >= 0.3 is 0 Å². The van der Waals surface area contributed by atoms with E-state index in [2.05, 4.69) is 21.5 Å². The molecule has 1 heterocycles. The van der Waals surface area contributed by atoms with Gasteiger partial charge in [0, 0.05) is 25.3 Å². The van der Waals surface area contributed by atoms with Crippen LogP contribution in [0, 0.1) is 0 Å². The number of nitrogens with one attached hydrogen (secondary N) is 4. The van der Waals surface area contributed by atoms with Gasteiger partial charge in [0.05, 0.1) is 12.1 Å². The molecule has 0 bridgehead atoms. The molecule has 1 saturated carbocycles. The summed E-state index contributed by atoms with van der Waals surface area (Å²) in [4.78, 5) is 24.9. The van der Waals surface area contributed by atoms with Crippen molar-refractivity contribution >= 4 is 11.8 Å². The monoisotopic (exact) mass is 346 g/mol. The van der Waals surface area contributed by atoms with Crippen LogP contribution >= 0.6 is 0 Å². The fourth-order valence-electron chi connectivity index (χ4n) is 3.45. The molecule has 7 nitrogen and oxygen atoms in total. The fourth-order valence-corrected chi connectivity index (χ4v) is 3.45. The SMILES string of the molecule is COC1CCC(NC(=O)C2NNCC2NC(=O)c2ccccc2)CC1.